The van der Waals surface area contributed by atoms with Crippen LogP contribution < -0.4 is 0 Å². The summed E-state index contributed by atoms with van der Waals surface area (Å²) >= 11 is 0. The van der Waals surface area contributed by atoms with Gasteiger partial charge in [0.05, 0.1) is 0 Å². The number of rotatable bonds is 3. The summed E-state index contributed by atoms with van der Waals surface area (Å²) in [5, 5.41) is 0. The third kappa shape index (κ3) is 3.33. The van der Waals surface area contributed by atoms with Crippen LogP contribution in [0.4, 0.5) is 0 Å². The predicted octanol–water partition coefficient (Wildman–Crippen LogP) is 2.64. The molecule has 0 aromatic rings. The molecule has 0 N–H and O–H groups in total. The van der Waals surface area contributed by atoms with E-state index in [9.17, 15) is 9.59 Å². The first-order valence-corrected chi connectivity index (χ1v) is 7.34. The number of hydrogen-bond donors (Lipinski definition) is 0. The zero-order valence-electron chi connectivity index (χ0n) is 11.7. The number of ketones is 1. The van der Waals surface area contributed by atoms with E-state index in [4.69, 9.17) is 0 Å². The number of Topliss-reactive ketones (excluding diaryl/α,β-unsaturated/α-hetero) is 1. The summed E-state index contributed by atoms with van der Waals surface area (Å²) in [7, 11) is 0. The van der Waals surface area contributed by atoms with Crippen molar-refractivity contribution in [1.82, 2.24) is 4.90 Å². The molecule has 18 heavy (non-hydrogen) atoms. The van der Waals surface area contributed by atoms with Crippen molar-refractivity contribution < 1.29 is 9.59 Å². The fourth-order valence-corrected chi connectivity index (χ4v) is 3.37. The lowest BCUT2D eigenvalue weighted by Gasteiger charge is -2.29. The van der Waals surface area contributed by atoms with Gasteiger partial charge in [-0.15, -0.1) is 0 Å². The summed E-state index contributed by atoms with van der Waals surface area (Å²) in [5.74, 6) is 2.07. The van der Waals surface area contributed by atoms with Gasteiger partial charge in [0.1, 0.15) is 5.78 Å². The van der Waals surface area contributed by atoms with Gasteiger partial charge in [0.2, 0.25) is 5.91 Å². The first kappa shape index (κ1) is 13.6. The molecule has 1 saturated carbocycles. The van der Waals surface area contributed by atoms with Crippen molar-refractivity contribution in [3.05, 3.63) is 0 Å². The third-order valence-corrected chi connectivity index (χ3v) is 4.54. The molecule has 102 valence electrons. The summed E-state index contributed by atoms with van der Waals surface area (Å²) in [6.45, 7) is 5.60. The Morgan fingerprint density at radius 3 is 2.39 bits per heavy atom. The summed E-state index contributed by atoms with van der Waals surface area (Å²) in [4.78, 5) is 25.5. The Bertz CT molecular complexity index is 318. The second-order valence-electron chi connectivity index (χ2n) is 6.30. The van der Waals surface area contributed by atoms with E-state index in [2.05, 4.69) is 6.92 Å². The van der Waals surface area contributed by atoms with Crippen LogP contribution in [0.5, 0.6) is 0 Å². The minimum atomic E-state index is 0.251. The molecule has 1 aliphatic carbocycles. The van der Waals surface area contributed by atoms with Gasteiger partial charge in [-0.05, 0) is 50.9 Å². The Morgan fingerprint density at radius 1 is 1.11 bits per heavy atom. The van der Waals surface area contributed by atoms with E-state index in [-0.39, 0.29) is 11.7 Å². The average molecular weight is 251 g/mol. The van der Waals surface area contributed by atoms with Gasteiger partial charge in [-0.1, -0.05) is 6.92 Å². The molecular weight excluding hydrogens is 226 g/mol. The molecule has 3 nitrogen and oxygen atoms in total. The number of carbonyl (C=O) groups is 2. The topological polar surface area (TPSA) is 37.4 Å². The van der Waals surface area contributed by atoms with E-state index in [0.717, 1.165) is 38.3 Å². The maximum Gasteiger partial charge on any atom is 0.225 e. The summed E-state index contributed by atoms with van der Waals surface area (Å²) < 4.78 is 0. The highest BCUT2D eigenvalue weighted by Gasteiger charge is 2.32. The molecule has 0 aromatic carbocycles. The number of likely N-dealkylation sites (tertiary alicyclic amines) is 1. The van der Waals surface area contributed by atoms with E-state index in [0.29, 0.717) is 18.2 Å². The van der Waals surface area contributed by atoms with Gasteiger partial charge >= 0.3 is 0 Å². The zero-order valence-corrected chi connectivity index (χ0v) is 11.7. The molecule has 2 aliphatic rings. The van der Waals surface area contributed by atoms with E-state index in [1.807, 2.05) is 4.90 Å². The molecule has 2 fully saturated rings. The van der Waals surface area contributed by atoms with Crippen LogP contribution in [-0.4, -0.2) is 29.7 Å². The van der Waals surface area contributed by atoms with Gasteiger partial charge in [-0.25, -0.2) is 0 Å². The molecule has 1 atom stereocenters. The number of amides is 1. The van der Waals surface area contributed by atoms with Crippen LogP contribution in [0.15, 0.2) is 0 Å². The smallest absolute Gasteiger partial charge is 0.225 e. The molecule has 0 unspecified atom stereocenters. The lowest BCUT2D eigenvalue weighted by Crippen LogP contribution is -2.36. The fraction of sp³-hybridized carbons (Fsp3) is 0.867. The molecule has 1 heterocycles. The lowest BCUT2D eigenvalue weighted by molar-refractivity contribution is -0.136. The first-order chi connectivity index (χ1) is 8.56. The summed E-state index contributed by atoms with van der Waals surface area (Å²) in [6, 6.07) is 0. The van der Waals surface area contributed by atoms with Crippen molar-refractivity contribution in [2.24, 2.45) is 17.8 Å². The predicted molar refractivity (Wildman–Crippen MR) is 71.1 cm³/mol. The Balaban J connectivity index is 1.82. The van der Waals surface area contributed by atoms with Gasteiger partial charge in [0.15, 0.2) is 0 Å². The van der Waals surface area contributed by atoms with Crippen LogP contribution in [0.3, 0.4) is 0 Å². The maximum atomic E-state index is 12.4. The van der Waals surface area contributed by atoms with Crippen LogP contribution in [0.1, 0.15) is 52.4 Å². The zero-order chi connectivity index (χ0) is 13.1. The highest BCUT2D eigenvalue weighted by atomic mass is 16.2. The standard InChI is InChI=1S/C15H25NO2/c1-11-3-5-14(6-4-11)15(18)16-8-7-13(10-16)9-12(2)17/h11,13-14H,3-10H2,1-2H3/t11-,13-,14+/m0/s1. The number of hydrogen-bond acceptors (Lipinski definition) is 2. The molecule has 0 radical (unpaired) electrons. The van der Waals surface area contributed by atoms with Crippen LogP contribution in [0.2, 0.25) is 0 Å². The van der Waals surface area contributed by atoms with Crippen molar-refractivity contribution in [2.75, 3.05) is 13.1 Å². The second kappa shape index (κ2) is 5.85. The van der Waals surface area contributed by atoms with Gasteiger partial charge < -0.3 is 9.69 Å². The van der Waals surface area contributed by atoms with E-state index >= 15 is 0 Å². The fourth-order valence-electron chi connectivity index (χ4n) is 3.37. The monoisotopic (exact) mass is 251 g/mol. The van der Waals surface area contributed by atoms with Crippen molar-refractivity contribution >= 4 is 11.7 Å². The minimum absolute atomic E-state index is 0.251. The Labute approximate surface area is 110 Å². The van der Waals surface area contributed by atoms with Crippen molar-refractivity contribution in [2.45, 2.75) is 52.4 Å². The van der Waals surface area contributed by atoms with Crippen LogP contribution >= 0.6 is 0 Å². The van der Waals surface area contributed by atoms with Gasteiger partial charge in [-0.2, -0.15) is 0 Å². The Hall–Kier alpha value is -0.860. The highest BCUT2D eigenvalue weighted by Crippen LogP contribution is 2.31. The molecule has 0 aromatic heterocycles. The van der Waals surface area contributed by atoms with E-state index < -0.39 is 0 Å². The molecule has 1 amide bonds. The van der Waals surface area contributed by atoms with Gasteiger partial charge in [-0.3, -0.25) is 4.79 Å². The third-order valence-electron chi connectivity index (χ3n) is 4.54. The lowest BCUT2D eigenvalue weighted by atomic mass is 9.82. The maximum absolute atomic E-state index is 12.4. The normalized spacial score (nSPS) is 32.6. The van der Waals surface area contributed by atoms with Crippen molar-refractivity contribution in [3.63, 3.8) is 0 Å². The number of nitrogens with zero attached hydrogens (tertiary/aromatic N) is 1. The molecular formula is C15H25NO2. The quantitative estimate of drug-likeness (QED) is 0.773. The van der Waals surface area contributed by atoms with E-state index in [1.165, 1.54) is 12.8 Å². The van der Waals surface area contributed by atoms with Gasteiger partial charge in [0, 0.05) is 25.4 Å². The molecule has 0 spiro atoms. The molecule has 0 bridgehead atoms. The number of carbonyl (C=O) groups excluding carboxylic acids is 2. The molecule has 3 heteroatoms. The van der Waals surface area contributed by atoms with Crippen LogP contribution in [-0.2, 0) is 9.59 Å². The summed E-state index contributed by atoms with van der Waals surface area (Å²) in [6.07, 6.45) is 6.17. The van der Waals surface area contributed by atoms with Crippen LogP contribution in [0.25, 0.3) is 0 Å². The average Bonchev–Trinajstić information content (AvgIpc) is 2.76. The Morgan fingerprint density at radius 2 is 1.78 bits per heavy atom. The SMILES string of the molecule is CC(=O)C[C@@H]1CCN(C(=O)[C@H]2CC[C@@H](C)CC2)C1. The van der Waals surface area contributed by atoms with Crippen molar-refractivity contribution in [3.8, 4) is 0 Å². The summed E-state index contributed by atoms with van der Waals surface area (Å²) in [5.41, 5.74) is 0. The van der Waals surface area contributed by atoms with Crippen molar-refractivity contribution in [1.29, 1.82) is 0 Å². The largest absolute Gasteiger partial charge is 0.342 e. The highest BCUT2D eigenvalue weighted by molar-refractivity contribution is 5.79. The van der Waals surface area contributed by atoms with Crippen LogP contribution in [0, 0.1) is 17.8 Å². The minimum Gasteiger partial charge on any atom is -0.342 e. The molecule has 1 aliphatic heterocycles. The molecule has 2 rings (SSSR count). The van der Waals surface area contributed by atoms with E-state index in [1.54, 1.807) is 6.92 Å². The second-order valence-corrected chi connectivity index (χ2v) is 6.30. The molecule has 1 saturated heterocycles. The Kier molecular flexibility index (Phi) is 4.41. The van der Waals surface area contributed by atoms with Gasteiger partial charge in [0.25, 0.3) is 0 Å². The first-order valence-electron chi connectivity index (χ1n) is 7.34.